The molecule has 2 fully saturated rings. The van der Waals surface area contributed by atoms with Crippen molar-refractivity contribution in [3.8, 4) is 0 Å². The topological polar surface area (TPSA) is 95.6 Å². The molecule has 2 aliphatic rings. The average Bonchev–Trinajstić information content (AvgIpc) is 2.73. The van der Waals surface area contributed by atoms with Crippen molar-refractivity contribution in [3.05, 3.63) is 28.7 Å². The van der Waals surface area contributed by atoms with Crippen molar-refractivity contribution >= 4 is 37.9 Å². The molecule has 0 atom stereocenters. The molecule has 0 aliphatic carbocycles. The number of amides is 3. The van der Waals surface area contributed by atoms with Crippen LogP contribution in [0.5, 0.6) is 0 Å². The van der Waals surface area contributed by atoms with Gasteiger partial charge in [-0.15, -0.1) is 0 Å². The molecule has 7 nitrogen and oxygen atoms in total. The van der Waals surface area contributed by atoms with E-state index < -0.39 is 21.6 Å². The standard InChI is InChI=1S/C13H14BrN3O4S/c14-9-2-1-3-10(8-9)22(20,21)17-6-4-13(5-7-17)11(18)15-12(19)16-13/h1-3,8H,4-7H2,(H2,15,16,18,19). The Morgan fingerprint density at radius 1 is 1.18 bits per heavy atom. The summed E-state index contributed by atoms with van der Waals surface area (Å²) in [5.41, 5.74) is -0.972. The summed E-state index contributed by atoms with van der Waals surface area (Å²) in [5, 5.41) is 4.82. The van der Waals surface area contributed by atoms with Gasteiger partial charge in [0.05, 0.1) is 4.90 Å². The van der Waals surface area contributed by atoms with Gasteiger partial charge < -0.3 is 5.32 Å². The van der Waals surface area contributed by atoms with Crippen molar-refractivity contribution < 1.29 is 18.0 Å². The SMILES string of the molecule is O=C1NC(=O)C2(CCN(S(=O)(=O)c3cccc(Br)c3)CC2)N1. The third kappa shape index (κ3) is 2.53. The summed E-state index contributed by atoms with van der Waals surface area (Å²) in [4.78, 5) is 23.4. The maximum absolute atomic E-state index is 12.6. The first-order valence-electron chi connectivity index (χ1n) is 6.73. The first-order valence-corrected chi connectivity index (χ1v) is 8.96. The Morgan fingerprint density at radius 3 is 2.41 bits per heavy atom. The molecule has 0 aromatic heterocycles. The fourth-order valence-corrected chi connectivity index (χ4v) is 4.80. The van der Waals surface area contributed by atoms with E-state index in [4.69, 9.17) is 0 Å². The highest BCUT2D eigenvalue weighted by Gasteiger charge is 2.49. The quantitative estimate of drug-likeness (QED) is 0.734. The van der Waals surface area contributed by atoms with Crippen LogP contribution >= 0.6 is 15.9 Å². The van der Waals surface area contributed by atoms with Gasteiger partial charge in [-0.05, 0) is 31.0 Å². The number of benzene rings is 1. The Bertz CT molecular complexity index is 741. The molecule has 1 aromatic rings. The predicted octanol–water partition coefficient (Wildman–Crippen LogP) is 0.812. The Hall–Kier alpha value is -1.45. The van der Waals surface area contributed by atoms with Crippen LogP contribution in [0.25, 0.3) is 0 Å². The first kappa shape index (κ1) is 15.4. The van der Waals surface area contributed by atoms with E-state index in [1.165, 1.54) is 10.4 Å². The number of sulfonamides is 1. The van der Waals surface area contributed by atoms with E-state index in [9.17, 15) is 18.0 Å². The highest BCUT2D eigenvalue weighted by Crippen LogP contribution is 2.29. The van der Waals surface area contributed by atoms with Crippen molar-refractivity contribution in [2.45, 2.75) is 23.3 Å². The lowest BCUT2D eigenvalue weighted by Crippen LogP contribution is -2.55. The van der Waals surface area contributed by atoms with Crippen LogP contribution < -0.4 is 10.6 Å². The zero-order chi connectivity index (χ0) is 16.0. The Kier molecular flexibility index (Phi) is 3.74. The predicted molar refractivity (Wildman–Crippen MR) is 81.5 cm³/mol. The van der Waals surface area contributed by atoms with E-state index in [1.807, 2.05) is 0 Å². The second-order valence-electron chi connectivity index (χ2n) is 5.35. The molecule has 1 aromatic carbocycles. The Balaban J connectivity index is 1.79. The van der Waals surface area contributed by atoms with Gasteiger partial charge in [0.25, 0.3) is 5.91 Å². The molecule has 0 saturated carbocycles. The molecule has 22 heavy (non-hydrogen) atoms. The summed E-state index contributed by atoms with van der Waals surface area (Å²) >= 11 is 3.26. The Morgan fingerprint density at radius 2 is 1.86 bits per heavy atom. The zero-order valence-electron chi connectivity index (χ0n) is 11.5. The molecule has 2 N–H and O–H groups in total. The number of halogens is 1. The molecule has 0 unspecified atom stereocenters. The van der Waals surface area contributed by atoms with Gasteiger partial charge >= 0.3 is 6.03 Å². The molecule has 2 aliphatic heterocycles. The molecule has 0 radical (unpaired) electrons. The highest BCUT2D eigenvalue weighted by molar-refractivity contribution is 9.10. The smallest absolute Gasteiger partial charge is 0.322 e. The van der Waals surface area contributed by atoms with Gasteiger partial charge in [0, 0.05) is 17.6 Å². The van der Waals surface area contributed by atoms with Gasteiger partial charge in [0.15, 0.2) is 0 Å². The van der Waals surface area contributed by atoms with Crippen molar-refractivity contribution in [2.24, 2.45) is 0 Å². The lowest BCUT2D eigenvalue weighted by Gasteiger charge is -2.36. The molecule has 118 valence electrons. The number of rotatable bonds is 2. The van der Waals surface area contributed by atoms with Crippen LogP contribution in [0.3, 0.4) is 0 Å². The lowest BCUT2D eigenvalue weighted by atomic mass is 9.89. The van der Waals surface area contributed by atoms with Crippen LogP contribution in [-0.4, -0.2) is 43.3 Å². The van der Waals surface area contributed by atoms with E-state index in [0.717, 1.165) is 0 Å². The van der Waals surface area contributed by atoms with E-state index in [1.54, 1.807) is 18.2 Å². The highest BCUT2D eigenvalue weighted by atomic mass is 79.9. The number of carbonyl (C=O) groups is 2. The van der Waals surface area contributed by atoms with Crippen molar-refractivity contribution in [1.29, 1.82) is 0 Å². The molecule has 2 saturated heterocycles. The average molecular weight is 388 g/mol. The second-order valence-corrected chi connectivity index (χ2v) is 8.21. The van der Waals surface area contributed by atoms with Crippen LogP contribution in [0, 0.1) is 0 Å². The van der Waals surface area contributed by atoms with Gasteiger partial charge in [-0.2, -0.15) is 4.31 Å². The maximum atomic E-state index is 12.6. The minimum absolute atomic E-state index is 0.183. The number of carbonyl (C=O) groups excluding carboxylic acids is 2. The fraction of sp³-hybridized carbons (Fsp3) is 0.385. The number of piperidine rings is 1. The largest absolute Gasteiger partial charge is 0.323 e. The van der Waals surface area contributed by atoms with Gasteiger partial charge in [-0.25, -0.2) is 13.2 Å². The van der Waals surface area contributed by atoms with Crippen molar-refractivity contribution in [3.63, 3.8) is 0 Å². The van der Waals surface area contributed by atoms with Crippen molar-refractivity contribution in [1.82, 2.24) is 14.9 Å². The van der Waals surface area contributed by atoms with Crippen LogP contribution in [0.1, 0.15) is 12.8 Å². The zero-order valence-corrected chi connectivity index (χ0v) is 13.9. The maximum Gasteiger partial charge on any atom is 0.322 e. The summed E-state index contributed by atoms with van der Waals surface area (Å²) in [6, 6.07) is 5.97. The summed E-state index contributed by atoms with van der Waals surface area (Å²) in [5.74, 6) is -0.378. The van der Waals surface area contributed by atoms with Crippen molar-refractivity contribution in [2.75, 3.05) is 13.1 Å². The summed E-state index contributed by atoms with van der Waals surface area (Å²) < 4.78 is 27.2. The monoisotopic (exact) mass is 387 g/mol. The van der Waals surface area contributed by atoms with Gasteiger partial charge in [-0.1, -0.05) is 22.0 Å². The summed E-state index contributed by atoms with van der Waals surface area (Å²) in [6.07, 6.45) is 0.523. The van der Waals surface area contributed by atoms with Crippen LogP contribution in [0.15, 0.2) is 33.6 Å². The molecule has 0 bridgehead atoms. The van der Waals surface area contributed by atoms with Crippen LogP contribution in [-0.2, 0) is 14.8 Å². The minimum atomic E-state index is -3.60. The molecule has 3 rings (SSSR count). The first-order chi connectivity index (χ1) is 10.3. The van der Waals surface area contributed by atoms with E-state index in [0.29, 0.717) is 4.47 Å². The number of imide groups is 1. The van der Waals surface area contributed by atoms with Crippen LogP contribution in [0.2, 0.25) is 0 Å². The third-order valence-electron chi connectivity index (χ3n) is 4.02. The van der Waals surface area contributed by atoms with Gasteiger partial charge in [-0.3, -0.25) is 10.1 Å². The Labute approximate surface area is 136 Å². The van der Waals surface area contributed by atoms with E-state index >= 15 is 0 Å². The number of hydrogen-bond acceptors (Lipinski definition) is 4. The molecule has 3 amide bonds. The number of urea groups is 1. The molecular formula is C13H14BrN3O4S. The molecular weight excluding hydrogens is 374 g/mol. The molecule has 2 heterocycles. The number of nitrogens with one attached hydrogen (secondary N) is 2. The molecule has 9 heteroatoms. The van der Waals surface area contributed by atoms with Gasteiger partial charge in [0.2, 0.25) is 10.0 Å². The summed E-state index contributed by atoms with van der Waals surface area (Å²) in [6.45, 7) is 0.366. The fourth-order valence-electron chi connectivity index (χ4n) is 2.76. The number of nitrogens with zero attached hydrogens (tertiary/aromatic N) is 1. The normalized spacial score (nSPS) is 21.7. The van der Waals surface area contributed by atoms with Gasteiger partial charge in [0.1, 0.15) is 5.54 Å². The van der Waals surface area contributed by atoms with Crippen LogP contribution in [0.4, 0.5) is 4.79 Å². The summed E-state index contributed by atoms with van der Waals surface area (Å²) in [7, 11) is -3.60. The van der Waals surface area contributed by atoms with E-state index in [2.05, 4.69) is 26.6 Å². The van der Waals surface area contributed by atoms with E-state index in [-0.39, 0.29) is 36.7 Å². The minimum Gasteiger partial charge on any atom is -0.323 e. The molecule has 1 spiro atoms. The lowest BCUT2D eigenvalue weighted by molar-refractivity contribution is -0.125. The second kappa shape index (κ2) is 5.32. The third-order valence-corrected chi connectivity index (χ3v) is 6.41. The number of hydrogen-bond donors (Lipinski definition) is 2.